The van der Waals surface area contributed by atoms with Crippen LogP contribution < -0.4 is 15.5 Å². The number of halogens is 1. The lowest BCUT2D eigenvalue weighted by Gasteiger charge is -2.29. The Labute approximate surface area is 188 Å². The van der Waals surface area contributed by atoms with Crippen molar-refractivity contribution >= 4 is 47.1 Å². The van der Waals surface area contributed by atoms with Gasteiger partial charge in [-0.1, -0.05) is 13.0 Å². The molecule has 1 aliphatic heterocycles. The Hall–Kier alpha value is -1.39. The number of nitrogens with zero attached hydrogens (tertiary/aromatic N) is 3. The molecule has 1 saturated heterocycles. The number of aliphatic imine (C=N–C) groups is 1. The molecule has 0 bridgehead atoms. The Bertz CT molecular complexity index is 746. The number of guanidine groups is 1. The maximum atomic E-state index is 5.46. The Balaban J connectivity index is 0.00000280. The average Bonchev–Trinajstić information content (AvgIpc) is 3.19. The molecule has 8 heteroatoms. The molecule has 6 nitrogen and oxygen atoms in total. The highest BCUT2D eigenvalue weighted by Crippen LogP contribution is 2.19. The molecule has 0 unspecified atom stereocenters. The second kappa shape index (κ2) is 12.2. The molecule has 0 amide bonds. The van der Waals surface area contributed by atoms with Crippen LogP contribution in [0.25, 0.3) is 0 Å². The highest BCUT2D eigenvalue weighted by atomic mass is 127. The number of rotatable bonds is 7. The summed E-state index contributed by atoms with van der Waals surface area (Å²) in [6.07, 6.45) is 2.94. The minimum absolute atomic E-state index is 0. The average molecular weight is 515 g/mol. The Morgan fingerprint density at radius 3 is 2.68 bits per heavy atom. The van der Waals surface area contributed by atoms with Crippen LogP contribution in [0.2, 0.25) is 0 Å². The van der Waals surface area contributed by atoms with Gasteiger partial charge < -0.3 is 20.3 Å². The maximum Gasteiger partial charge on any atom is 0.191 e. The van der Waals surface area contributed by atoms with Crippen LogP contribution in [0.3, 0.4) is 0 Å². The van der Waals surface area contributed by atoms with E-state index in [0.29, 0.717) is 6.54 Å². The standard InChI is InChI=1S/C20H29N5OS.HI/c1-3-17-7-8-18(27-17)15-24-20(21-4-2)23-14-16-6-5-9-22-19(16)25-10-12-26-13-11-25;/h5-9H,3-4,10-15H2,1-2H3,(H2,21,23,24);1H. The van der Waals surface area contributed by atoms with Gasteiger partial charge in [-0.3, -0.25) is 0 Å². The van der Waals surface area contributed by atoms with E-state index in [9.17, 15) is 0 Å². The zero-order chi connectivity index (χ0) is 18.9. The first-order valence-corrected chi connectivity index (χ1v) is 10.5. The summed E-state index contributed by atoms with van der Waals surface area (Å²) in [7, 11) is 0. The molecule has 3 rings (SSSR count). The molecule has 2 aromatic rings. The van der Waals surface area contributed by atoms with Gasteiger partial charge in [0.05, 0.1) is 26.3 Å². The zero-order valence-electron chi connectivity index (χ0n) is 16.6. The van der Waals surface area contributed by atoms with E-state index in [1.165, 1.54) is 9.75 Å². The van der Waals surface area contributed by atoms with Gasteiger partial charge in [-0.05, 0) is 31.5 Å². The lowest BCUT2D eigenvalue weighted by molar-refractivity contribution is 0.122. The third-order valence-corrected chi connectivity index (χ3v) is 5.66. The van der Waals surface area contributed by atoms with E-state index in [0.717, 1.165) is 63.2 Å². The van der Waals surface area contributed by atoms with Gasteiger partial charge in [0.1, 0.15) is 5.82 Å². The number of morpholine rings is 1. The van der Waals surface area contributed by atoms with Gasteiger partial charge >= 0.3 is 0 Å². The van der Waals surface area contributed by atoms with Crippen molar-refractivity contribution in [2.45, 2.75) is 33.4 Å². The summed E-state index contributed by atoms with van der Waals surface area (Å²) in [6, 6.07) is 8.48. The number of hydrogen-bond donors (Lipinski definition) is 2. The van der Waals surface area contributed by atoms with E-state index < -0.39 is 0 Å². The molecule has 0 saturated carbocycles. The Morgan fingerprint density at radius 2 is 1.96 bits per heavy atom. The van der Waals surface area contributed by atoms with Gasteiger partial charge in [0.25, 0.3) is 0 Å². The SMILES string of the molecule is CCNC(=NCc1cccnc1N1CCOCC1)NCc1ccc(CC)s1.I. The second-order valence-electron chi connectivity index (χ2n) is 6.36. The topological polar surface area (TPSA) is 61.8 Å². The summed E-state index contributed by atoms with van der Waals surface area (Å²) in [5.74, 6) is 1.85. The first kappa shape index (κ1) is 22.9. The summed E-state index contributed by atoms with van der Waals surface area (Å²) in [6.45, 7) is 9.76. The molecule has 0 aromatic carbocycles. The zero-order valence-corrected chi connectivity index (χ0v) is 19.8. The minimum Gasteiger partial charge on any atom is -0.378 e. The van der Waals surface area contributed by atoms with Crippen LogP contribution in [-0.2, 0) is 24.2 Å². The molecule has 2 aromatic heterocycles. The van der Waals surface area contributed by atoms with Crippen LogP contribution in [0.1, 0.15) is 29.2 Å². The van der Waals surface area contributed by atoms with Gasteiger partial charge in [-0.15, -0.1) is 35.3 Å². The van der Waals surface area contributed by atoms with Crippen molar-refractivity contribution < 1.29 is 4.74 Å². The van der Waals surface area contributed by atoms with Crippen molar-refractivity contribution in [3.8, 4) is 0 Å². The monoisotopic (exact) mass is 515 g/mol. The number of thiophene rings is 1. The number of ether oxygens (including phenoxy) is 1. The molecule has 28 heavy (non-hydrogen) atoms. The fourth-order valence-corrected chi connectivity index (χ4v) is 3.90. The third-order valence-electron chi connectivity index (χ3n) is 4.43. The fourth-order valence-electron chi connectivity index (χ4n) is 3.00. The van der Waals surface area contributed by atoms with Crippen LogP contribution in [0.4, 0.5) is 5.82 Å². The lowest BCUT2D eigenvalue weighted by atomic mass is 10.2. The van der Waals surface area contributed by atoms with E-state index >= 15 is 0 Å². The van der Waals surface area contributed by atoms with E-state index in [-0.39, 0.29) is 24.0 Å². The summed E-state index contributed by atoms with van der Waals surface area (Å²) in [5, 5.41) is 6.77. The van der Waals surface area contributed by atoms with Gasteiger partial charge in [0.15, 0.2) is 5.96 Å². The van der Waals surface area contributed by atoms with Crippen LogP contribution in [0, 0.1) is 0 Å². The predicted molar refractivity (Wildman–Crippen MR) is 128 cm³/mol. The van der Waals surface area contributed by atoms with Crippen molar-refractivity contribution in [3.63, 3.8) is 0 Å². The normalized spacial score (nSPS) is 14.5. The molecular weight excluding hydrogens is 485 g/mol. The Morgan fingerprint density at radius 1 is 1.18 bits per heavy atom. The fraction of sp³-hybridized carbons (Fsp3) is 0.500. The smallest absolute Gasteiger partial charge is 0.191 e. The van der Waals surface area contributed by atoms with Crippen LogP contribution >= 0.6 is 35.3 Å². The van der Waals surface area contributed by atoms with Crippen LogP contribution in [0.5, 0.6) is 0 Å². The molecule has 1 aliphatic rings. The number of pyridine rings is 1. The molecule has 0 radical (unpaired) electrons. The minimum atomic E-state index is 0. The molecule has 3 heterocycles. The molecule has 0 atom stereocenters. The van der Waals surface area contributed by atoms with Gasteiger partial charge in [-0.2, -0.15) is 0 Å². The van der Waals surface area contributed by atoms with Gasteiger partial charge in [0, 0.05) is 41.1 Å². The number of aryl methyl sites for hydroxylation is 1. The second-order valence-corrected chi connectivity index (χ2v) is 7.61. The summed E-state index contributed by atoms with van der Waals surface area (Å²) in [5.41, 5.74) is 1.14. The van der Waals surface area contributed by atoms with Crippen molar-refractivity contribution in [3.05, 3.63) is 45.8 Å². The molecule has 1 fully saturated rings. The largest absolute Gasteiger partial charge is 0.378 e. The summed E-state index contributed by atoms with van der Waals surface area (Å²) in [4.78, 5) is 14.4. The van der Waals surface area contributed by atoms with E-state index in [1.54, 1.807) is 0 Å². The highest BCUT2D eigenvalue weighted by molar-refractivity contribution is 14.0. The van der Waals surface area contributed by atoms with Crippen LogP contribution in [-0.4, -0.2) is 43.8 Å². The maximum absolute atomic E-state index is 5.46. The number of aromatic nitrogens is 1. The Kier molecular flexibility index (Phi) is 10.0. The molecular formula is C20H30IN5OS. The molecule has 0 aliphatic carbocycles. The lowest BCUT2D eigenvalue weighted by Crippen LogP contribution is -2.38. The summed E-state index contributed by atoms with van der Waals surface area (Å²) >= 11 is 1.85. The van der Waals surface area contributed by atoms with Crippen molar-refractivity contribution in [2.75, 3.05) is 37.7 Å². The quantitative estimate of drug-likeness (QED) is 0.336. The van der Waals surface area contributed by atoms with E-state index in [1.807, 2.05) is 23.6 Å². The predicted octanol–water partition coefficient (Wildman–Crippen LogP) is 3.42. The van der Waals surface area contributed by atoms with Crippen molar-refractivity contribution in [1.82, 2.24) is 15.6 Å². The molecule has 0 spiro atoms. The number of anilines is 1. The number of hydrogen-bond acceptors (Lipinski definition) is 5. The molecule has 154 valence electrons. The first-order chi connectivity index (χ1) is 13.3. The third kappa shape index (κ3) is 6.59. The van der Waals surface area contributed by atoms with E-state index in [4.69, 9.17) is 9.73 Å². The van der Waals surface area contributed by atoms with Crippen LogP contribution in [0.15, 0.2) is 35.5 Å². The van der Waals surface area contributed by atoms with Crippen molar-refractivity contribution in [2.24, 2.45) is 4.99 Å². The van der Waals surface area contributed by atoms with Gasteiger partial charge in [-0.25, -0.2) is 9.98 Å². The first-order valence-electron chi connectivity index (χ1n) is 9.66. The number of nitrogens with one attached hydrogen (secondary N) is 2. The highest BCUT2D eigenvalue weighted by Gasteiger charge is 2.15. The van der Waals surface area contributed by atoms with E-state index in [2.05, 4.69) is 52.6 Å². The van der Waals surface area contributed by atoms with Crippen molar-refractivity contribution in [1.29, 1.82) is 0 Å². The molecule has 2 N–H and O–H groups in total. The summed E-state index contributed by atoms with van der Waals surface area (Å²) < 4.78 is 5.46. The van der Waals surface area contributed by atoms with Gasteiger partial charge in [0.2, 0.25) is 0 Å².